The number of unbranched alkanes of at least 4 members (excludes halogenated alkanes) is 1. The molecule has 0 aliphatic rings. The molecule has 5 heteroatoms. The summed E-state index contributed by atoms with van der Waals surface area (Å²) in [6, 6.07) is 5.90. The highest BCUT2D eigenvalue weighted by Crippen LogP contribution is 2.17. The average molecular weight is 251 g/mol. The van der Waals surface area contributed by atoms with Crippen molar-refractivity contribution in [3.8, 4) is 0 Å². The molecule has 0 aliphatic heterocycles. The highest BCUT2D eigenvalue weighted by atomic mass is 16.3. The van der Waals surface area contributed by atoms with Crippen LogP contribution in [0.1, 0.15) is 30.9 Å². The number of ketones is 1. The highest BCUT2D eigenvalue weighted by molar-refractivity contribution is 5.88. The minimum absolute atomic E-state index is 0.364. The number of benzene rings is 1. The lowest BCUT2D eigenvalue weighted by Gasteiger charge is -2.15. The summed E-state index contributed by atoms with van der Waals surface area (Å²) in [5.41, 5.74) is 17.8. The molecule has 0 radical (unpaired) electrons. The quantitative estimate of drug-likeness (QED) is 0.411. The molecule has 2 atom stereocenters. The molecule has 100 valence electrons. The summed E-state index contributed by atoms with van der Waals surface area (Å²) in [7, 11) is 0. The second-order valence-electron chi connectivity index (χ2n) is 4.36. The fourth-order valence-electron chi connectivity index (χ4n) is 1.70. The van der Waals surface area contributed by atoms with Gasteiger partial charge >= 0.3 is 0 Å². The van der Waals surface area contributed by atoms with Gasteiger partial charge in [-0.15, -0.1) is 0 Å². The third-order valence-corrected chi connectivity index (χ3v) is 2.86. The van der Waals surface area contributed by atoms with Crippen molar-refractivity contribution in [3.05, 3.63) is 29.8 Å². The summed E-state index contributed by atoms with van der Waals surface area (Å²) < 4.78 is 0. The predicted molar refractivity (Wildman–Crippen MR) is 71.7 cm³/mol. The molecule has 5 nitrogen and oxygen atoms in total. The molecule has 0 saturated heterocycles. The lowest BCUT2D eigenvalue weighted by molar-refractivity contribution is -0.128. The summed E-state index contributed by atoms with van der Waals surface area (Å²) in [5.74, 6) is -0.364. The van der Waals surface area contributed by atoms with Crippen LogP contribution < -0.4 is 17.2 Å². The number of Topliss-reactive ketones (excluding diaryl/α,β-unsaturated/α-hetero) is 1. The normalized spacial score (nSPS) is 14.2. The van der Waals surface area contributed by atoms with Gasteiger partial charge in [0.15, 0.2) is 5.78 Å². The number of aliphatic hydroxyl groups is 1. The van der Waals surface area contributed by atoms with E-state index in [1.165, 1.54) is 0 Å². The number of carbonyl (C=O) groups is 1. The second kappa shape index (κ2) is 7.10. The first-order chi connectivity index (χ1) is 8.56. The van der Waals surface area contributed by atoms with Crippen molar-refractivity contribution in [2.24, 2.45) is 11.5 Å². The largest absolute Gasteiger partial charge is 0.399 e. The molecule has 2 unspecified atom stereocenters. The minimum atomic E-state index is -1.18. The lowest BCUT2D eigenvalue weighted by Crippen LogP contribution is -2.34. The Bertz CT molecular complexity index is 378. The van der Waals surface area contributed by atoms with Crippen molar-refractivity contribution in [2.45, 2.75) is 31.4 Å². The van der Waals surface area contributed by atoms with E-state index in [0.717, 1.165) is 12.8 Å². The van der Waals surface area contributed by atoms with Crippen LogP contribution in [0, 0.1) is 0 Å². The first-order valence-electron chi connectivity index (χ1n) is 6.09. The first kappa shape index (κ1) is 14.6. The Morgan fingerprint density at radius 2 is 1.83 bits per heavy atom. The van der Waals surface area contributed by atoms with Gasteiger partial charge in [0.25, 0.3) is 0 Å². The fraction of sp³-hybridized carbons (Fsp3) is 0.462. The molecule has 0 amide bonds. The van der Waals surface area contributed by atoms with Gasteiger partial charge in [-0.25, -0.2) is 0 Å². The van der Waals surface area contributed by atoms with Crippen LogP contribution in [0.2, 0.25) is 0 Å². The van der Waals surface area contributed by atoms with E-state index < -0.39 is 12.1 Å². The molecule has 18 heavy (non-hydrogen) atoms. The topological polar surface area (TPSA) is 115 Å². The van der Waals surface area contributed by atoms with Crippen LogP contribution in [0.3, 0.4) is 0 Å². The molecule has 0 heterocycles. The van der Waals surface area contributed by atoms with Crippen LogP contribution in [-0.2, 0) is 4.79 Å². The SMILES string of the molecule is NCCCCC(N)C(=O)C(O)c1ccc(N)cc1. The van der Waals surface area contributed by atoms with E-state index in [0.29, 0.717) is 24.2 Å². The van der Waals surface area contributed by atoms with Crippen molar-refractivity contribution in [2.75, 3.05) is 12.3 Å². The fourth-order valence-corrected chi connectivity index (χ4v) is 1.70. The van der Waals surface area contributed by atoms with Crippen molar-refractivity contribution >= 4 is 11.5 Å². The van der Waals surface area contributed by atoms with Crippen LogP contribution in [0.15, 0.2) is 24.3 Å². The molecule has 0 saturated carbocycles. The summed E-state index contributed by atoms with van der Waals surface area (Å²) in [4.78, 5) is 11.9. The Kier molecular flexibility index (Phi) is 5.77. The van der Waals surface area contributed by atoms with E-state index in [9.17, 15) is 9.90 Å². The van der Waals surface area contributed by atoms with E-state index in [2.05, 4.69) is 0 Å². The van der Waals surface area contributed by atoms with Crippen molar-refractivity contribution in [1.82, 2.24) is 0 Å². The third-order valence-electron chi connectivity index (χ3n) is 2.86. The van der Waals surface area contributed by atoms with Gasteiger partial charge in [-0.1, -0.05) is 18.6 Å². The number of hydrogen-bond acceptors (Lipinski definition) is 5. The summed E-state index contributed by atoms with van der Waals surface area (Å²) >= 11 is 0. The van der Waals surface area contributed by atoms with Gasteiger partial charge in [0.1, 0.15) is 6.10 Å². The zero-order valence-electron chi connectivity index (χ0n) is 10.4. The summed E-state index contributed by atoms with van der Waals surface area (Å²) in [5, 5.41) is 9.91. The van der Waals surface area contributed by atoms with E-state index >= 15 is 0 Å². The second-order valence-corrected chi connectivity index (χ2v) is 4.36. The summed E-state index contributed by atoms with van der Waals surface area (Å²) in [6.45, 7) is 0.585. The third kappa shape index (κ3) is 4.10. The molecule has 1 rings (SSSR count). The lowest BCUT2D eigenvalue weighted by atomic mass is 9.97. The van der Waals surface area contributed by atoms with Gasteiger partial charge in [0.05, 0.1) is 6.04 Å². The molecule has 7 N–H and O–H groups in total. The number of hydrogen-bond donors (Lipinski definition) is 4. The Morgan fingerprint density at radius 1 is 1.22 bits per heavy atom. The monoisotopic (exact) mass is 251 g/mol. The maximum absolute atomic E-state index is 11.9. The molecular formula is C13H21N3O2. The van der Waals surface area contributed by atoms with Crippen LogP contribution in [0.4, 0.5) is 5.69 Å². The van der Waals surface area contributed by atoms with Crippen LogP contribution in [0.5, 0.6) is 0 Å². The van der Waals surface area contributed by atoms with Crippen molar-refractivity contribution in [3.63, 3.8) is 0 Å². The average Bonchev–Trinajstić information content (AvgIpc) is 2.38. The number of carbonyl (C=O) groups excluding carboxylic acids is 1. The summed E-state index contributed by atoms with van der Waals surface area (Å²) in [6.07, 6.45) is 0.984. The van der Waals surface area contributed by atoms with Gasteiger partial charge in [-0.2, -0.15) is 0 Å². The van der Waals surface area contributed by atoms with Crippen LogP contribution in [-0.4, -0.2) is 23.5 Å². The first-order valence-corrected chi connectivity index (χ1v) is 6.09. The molecular weight excluding hydrogens is 230 g/mol. The minimum Gasteiger partial charge on any atom is -0.399 e. The highest BCUT2D eigenvalue weighted by Gasteiger charge is 2.23. The smallest absolute Gasteiger partial charge is 0.182 e. The zero-order valence-corrected chi connectivity index (χ0v) is 10.4. The van der Waals surface area contributed by atoms with Crippen LogP contribution >= 0.6 is 0 Å². The molecule has 0 aliphatic carbocycles. The molecule has 1 aromatic carbocycles. The van der Waals surface area contributed by atoms with E-state index in [1.54, 1.807) is 24.3 Å². The van der Waals surface area contributed by atoms with Crippen LogP contribution in [0.25, 0.3) is 0 Å². The Labute approximate surface area is 107 Å². The maximum atomic E-state index is 11.9. The molecule has 1 aromatic rings. The number of aliphatic hydroxyl groups excluding tert-OH is 1. The van der Waals surface area contributed by atoms with E-state index in [1.807, 2.05) is 0 Å². The number of anilines is 1. The molecule has 0 aromatic heterocycles. The number of rotatable bonds is 7. The molecule has 0 spiro atoms. The van der Waals surface area contributed by atoms with Gasteiger partial charge in [0.2, 0.25) is 0 Å². The molecule has 0 fully saturated rings. The van der Waals surface area contributed by atoms with Crippen molar-refractivity contribution in [1.29, 1.82) is 0 Å². The number of nitrogens with two attached hydrogens (primary N) is 3. The zero-order chi connectivity index (χ0) is 13.5. The van der Waals surface area contributed by atoms with E-state index in [4.69, 9.17) is 17.2 Å². The Balaban J connectivity index is 2.57. The van der Waals surface area contributed by atoms with Crippen molar-refractivity contribution < 1.29 is 9.90 Å². The Morgan fingerprint density at radius 3 is 2.39 bits per heavy atom. The van der Waals surface area contributed by atoms with Gasteiger partial charge < -0.3 is 22.3 Å². The standard InChI is InChI=1S/C13H21N3O2/c14-8-2-1-3-11(16)13(18)12(17)9-4-6-10(15)7-5-9/h4-7,11-12,17H,1-3,8,14-16H2. The predicted octanol–water partition coefficient (Wildman–Crippen LogP) is 0.328. The maximum Gasteiger partial charge on any atom is 0.182 e. The number of nitrogen functional groups attached to an aromatic ring is 1. The van der Waals surface area contributed by atoms with Gasteiger partial charge in [-0.3, -0.25) is 4.79 Å². The van der Waals surface area contributed by atoms with Gasteiger partial charge in [-0.05, 0) is 37.1 Å². The Hall–Kier alpha value is -1.43. The van der Waals surface area contributed by atoms with Gasteiger partial charge in [0, 0.05) is 5.69 Å². The molecule has 0 bridgehead atoms. The van der Waals surface area contributed by atoms with E-state index in [-0.39, 0.29) is 5.78 Å².